The Morgan fingerprint density at radius 1 is 1.25 bits per heavy atom. The minimum Gasteiger partial charge on any atom is -0.346 e. The lowest BCUT2D eigenvalue weighted by atomic mass is 9.97. The van der Waals surface area contributed by atoms with Crippen LogP contribution in [0.2, 0.25) is 0 Å². The number of imidazole rings is 1. The quantitative estimate of drug-likeness (QED) is 0.679. The summed E-state index contributed by atoms with van der Waals surface area (Å²) in [6.45, 7) is 8.35. The molecular formula is C23H30ClN7O. The van der Waals surface area contributed by atoms with Crippen molar-refractivity contribution < 1.29 is 4.79 Å². The molecule has 2 amide bonds. The van der Waals surface area contributed by atoms with E-state index in [4.69, 9.17) is 11.6 Å². The maximum atomic E-state index is 12.9. The number of anilines is 2. The van der Waals surface area contributed by atoms with E-state index in [9.17, 15) is 4.79 Å². The molecular weight excluding hydrogens is 426 g/mol. The van der Waals surface area contributed by atoms with Crippen LogP contribution >= 0.6 is 11.6 Å². The fraction of sp³-hybridized carbons (Fsp3) is 0.478. The number of rotatable bonds is 6. The van der Waals surface area contributed by atoms with Gasteiger partial charge in [0.1, 0.15) is 5.82 Å². The molecule has 2 aliphatic rings. The van der Waals surface area contributed by atoms with Crippen LogP contribution in [-0.2, 0) is 0 Å². The van der Waals surface area contributed by atoms with Gasteiger partial charge in [0.25, 0.3) is 0 Å². The third kappa shape index (κ3) is 4.24. The number of carbonyl (C=O) groups excluding carboxylic acids is 1. The number of carbonyl (C=O) groups is 1. The number of hydrogen-bond donors (Lipinski definition) is 1. The highest BCUT2D eigenvalue weighted by Gasteiger charge is 2.44. The van der Waals surface area contributed by atoms with Crippen molar-refractivity contribution in [3.63, 3.8) is 0 Å². The normalized spacial score (nSPS) is 24.3. The standard InChI is InChI=1S/C23H30ClN7O/c1-14(2)21-16(4)29(5)23(32)31(21)20-10-11-25-22(28-20)27-15(3)19-12-30(13-26-19)18-8-6-17(24)7-9-18/h6-8,10-16,18,21H,9H2,1-5H3,(H,25,27,28)/t15-,16?,18?,21-/m0/s1. The summed E-state index contributed by atoms with van der Waals surface area (Å²) >= 11 is 6.02. The Labute approximate surface area is 194 Å². The fourth-order valence-corrected chi connectivity index (χ4v) is 4.57. The van der Waals surface area contributed by atoms with E-state index < -0.39 is 0 Å². The molecule has 0 saturated carbocycles. The average molecular weight is 456 g/mol. The Morgan fingerprint density at radius 2 is 2.03 bits per heavy atom. The van der Waals surface area contributed by atoms with Crippen LogP contribution in [0.25, 0.3) is 0 Å². The van der Waals surface area contributed by atoms with E-state index in [1.807, 2.05) is 38.6 Å². The second-order valence-corrected chi connectivity index (χ2v) is 9.28. The zero-order chi connectivity index (χ0) is 23.0. The van der Waals surface area contributed by atoms with Gasteiger partial charge < -0.3 is 14.8 Å². The molecule has 170 valence electrons. The first-order chi connectivity index (χ1) is 15.3. The van der Waals surface area contributed by atoms with Gasteiger partial charge in [0.15, 0.2) is 0 Å². The number of halogens is 1. The molecule has 4 atom stereocenters. The number of hydrogen-bond acceptors (Lipinski definition) is 5. The zero-order valence-corrected chi connectivity index (χ0v) is 19.9. The van der Waals surface area contributed by atoms with Crippen LogP contribution in [-0.4, -0.2) is 49.6 Å². The Hall–Kier alpha value is -2.87. The molecule has 2 aromatic rings. The van der Waals surface area contributed by atoms with Crippen molar-refractivity contribution in [2.75, 3.05) is 17.3 Å². The van der Waals surface area contributed by atoms with Crippen molar-refractivity contribution in [1.29, 1.82) is 0 Å². The molecule has 1 fully saturated rings. The number of nitrogens with zero attached hydrogens (tertiary/aromatic N) is 6. The molecule has 32 heavy (non-hydrogen) atoms. The molecule has 0 radical (unpaired) electrons. The minimum atomic E-state index is -0.102. The monoisotopic (exact) mass is 455 g/mol. The van der Waals surface area contributed by atoms with Gasteiger partial charge in [-0.1, -0.05) is 37.6 Å². The van der Waals surface area contributed by atoms with E-state index in [-0.39, 0.29) is 30.2 Å². The number of likely N-dealkylation sites (N-methyl/N-ethyl adjacent to an activating group) is 1. The lowest BCUT2D eigenvalue weighted by Gasteiger charge is -2.28. The van der Waals surface area contributed by atoms with Crippen LogP contribution in [0.3, 0.4) is 0 Å². The Bertz CT molecular complexity index is 1050. The van der Waals surface area contributed by atoms with E-state index in [1.54, 1.807) is 22.1 Å². The summed E-state index contributed by atoms with van der Waals surface area (Å²) in [6, 6.07) is 2.01. The first-order valence-corrected chi connectivity index (χ1v) is 11.4. The number of aromatic nitrogens is 4. The molecule has 0 spiro atoms. The van der Waals surface area contributed by atoms with Crippen molar-refractivity contribution in [3.8, 4) is 0 Å². The summed E-state index contributed by atoms with van der Waals surface area (Å²) in [5, 5.41) is 4.09. The van der Waals surface area contributed by atoms with Crippen LogP contribution < -0.4 is 10.2 Å². The smallest absolute Gasteiger partial charge is 0.326 e. The van der Waals surface area contributed by atoms with Gasteiger partial charge in [0.05, 0.1) is 36.2 Å². The van der Waals surface area contributed by atoms with Crippen molar-refractivity contribution in [2.24, 2.45) is 5.92 Å². The van der Waals surface area contributed by atoms with Gasteiger partial charge >= 0.3 is 6.03 Å². The third-order valence-corrected chi connectivity index (χ3v) is 6.59. The predicted molar refractivity (Wildman–Crippen MR) is 127 cm³/mol. The summed E-state index contributed by atoms with van der Waals surface area (Å²) < 4.78 is 2.08. The van der Waals surface area contributed by atoms with Gasteiger partial charge in [0.2, 0.25) is 5.95 Å². The highest BCUT2D eigenvalue weighted by molar-refractivity contribution is 6.31. The zero-order valence-electron chi connectivity index (χ0n) is 19.1. The van der Waals surface area contributed by atoms with Crippen molar-refractivity contribution in [2.45, 2.75) is 58.3 Å². The van der Waals surface area contributed by atoms with Crippen molar-refractivity contribution in [3.05, 3.63) is 53.7 Å². The first kappa shape index (κ1) is 22.3. The second-order valence-electron chi connectivity index (χ2n) is 8.84. The summed E-state index contributed by atoms with van der Waals surface area (Å²) in [7, 11) is 1.84. The molecule has 0 aromatic carbocycles. The van der Waals surface area contributed by atoms with Crippen molar-refractivity contribution in [1.82, 2.24) is 24.4 Å². The molecule has 1 aliphatic heterocycles. The highest BCUT2D eigenvalue weighted by atomic mass is 35.5. The molecule has 1 aliphatic carbocycles. The van der Waals surface area contributed by atoms with E-state index in [0.29, 0.717) is 17.7 Å². The highest BCUT2D eigenvalue weighted by Crippen LogP contribution is 2.31. The lowest BCUT2D eigenvalue weighted by molar-refractivity contribution is 0.219. The molecule has 0 bridgehead atoms. The van der Waals surface area contributed by atoms with Gasteiger partial charge in [0, 0.05) is 24.5 Å². The van der Waals surface area contributed by atoms with Crippen LogP contribution in [0.4, 0.5) is 16.6 Å². The fourth-order valence-electron chi connectivity index (χ4n) is 4.40. The summed E-state index contributed by atoms with van der Waals surface area (Å²) in [5.41, 5.74) is 0.888. The number of urea groups is 1. The minimum absolute atomic E-state index is 0.0395. The Morgan fingerprint density at radius 3 is 2.72 bits per heavy atom. The maximum absolute atomic E-state index is 12.9. The molecule has 4 rings (SSSR count). The van der Waals surface area contributed by atoms with Crippen LogP contribution in [0.1, 0.15) is 51.9 Å². The molecule has 2 unspecified atom stereocenters. The molecule has 3 heterocycles. The van der Waals surface area contributed by atoms with E-state index in [0.717, 1.165) is 17.1 Å². The van der Waals surface area contributed by atoms with Gasteiger partial charge in [-0.2, -0.15) is 4.98 Å². The van der Waals surface area contributed by atoms with Gasteiger partial charge in [-0.25, -0.2) is 14.8 Å². The summed E-state index contributed by atoms with van der Waals surface area (Å²) in [4.78, 5) is 30.1. The summed E-state index contributed by atoms with van der Waals surface area (Å²) in [6.07, 6.45) is 12.4. The second kappa shape index (κ2) is 8.94. The van der Waals surface area contributed by atoms with E-state index in [1.165, 1.54) is 0 Å². The Balaban J connectivity index is 1.50. The molecule has 1 N–H and O–H groups in total. The average Bonchev–Trinajstić information content (AvgIpc) is 3.34. The number of allylic oxidation sites excluding steroid dienone is 4. The molecule has 9 heteroatoms. The van der Waals surface area contributed by atoms with Gasteiger partial charge in [-0.15, -0.1) is 0 Å². The number of nitrogens with one attached hydrogen (secondary N) is 1. The predicted octanol–water partition coefficient (Wildman–Crippen LogP) is 4.75. The molecule has 1 saturated heterocycles. The maximum Gasteiger partial charge on any atom is 0.326 e. The number of amides is 2. The van der Waals surface area contributed by atoms with Crippen LogP contribution in [0, 0.1) is 5.92 Å². The van der Waals surface area contributed by atoms with Gasteiger partial charge in [-0.05, 0) is 38.3 Å². The first-order valence-electron chi connectivity index (χ1n) is 11.0. The van der Waals surface area contributed by atoms with E-state index in [2.05, 4.69) is 51.7 Å². The van der Waals surface area contributed by atoms with Gasteiger partial charge in [-0.3, -0.25) is 4.90 Å². The SMILES string of the molecule is CC(C)[C@H]1C(C)N(C)C(=O)N1c1ccnc(N[C@@H](C)c2cn(C3C=CC(Cl)=CC3)cn2)n1. The van der Waals surface area contributed by atoms with Crippen molar-refractivity contribution >= 4 is 29.4 Å². The lowest BCUT2D eigenvalue weighted by Crippen LogP contribution is -2.40. The van der Waals surface area contributed by atoms with E-state index >= 15 is 0 Å². The topological polar surface area (TPSA) is 79.2 Å². The molecule has 2 aromatic heterocycles. The molecule has 8 nitrogen and oxygen atoms in total. The summed E-state index contributed by atoms with van der Waals surface area (Å²) in [5.74, 6) is 1.37. The van der Waals surface area contributed by atoms with Crippen LogP contribution in [0.5, 0.6) is 0 Å². The Kier molecular flexibility index (Phi) is 6.24. The largest absolute Gasteiger partial charge is 0.346 e. The third-order valence-electron chi connectivity index (χ3n) is 6.31. The van der Waals surface area contributed by atoms with Crippen LogP contribution in [0.15, 0.2) is 48.0 Å².